The number of halogens is 1. The summed E-state index contributed by atoms with van der Waals surface area (Å²) in [4.78, 5) is 0. The molecule has 0 heterocycles. The van der Waals surface area contributed by atoms with Gasteiger partial charge in [0.2, 0.25) is 0 Å². The van der Waals surface area contributed by atoms with Crippen LogP contribution in [-0.4, -0.2) is 5.11 Å². The lowest BCUT2D eigenvalue weighted by Crippen LogP contribution is -2.25. The molecular weight excluding hydrogens is 191 g/mol. The molecule has 0 aromatic heterocycles. The lowest BCUT2D eigenvalue weighted by molar-refractivity contribution is 0.0313. The van der Waals surface area contributed by atoms with Crippen LogP contribution in [0.3, 0.4) is 0 Å². The molecule has 0 aliphatic rings. The first-order valence-corrected chi connectivity index (χ1v) is 5.32. The molecule has 1 atom stereocenters. The third-order valence-electron chi connectivity index (χ3n) is 2.51. The Morgan fingerprint density at radius 2 is 2.00 bits per heavy atom. The molecular formula is C13H19FO. The van der Waals surface area contributed by atoms with Crippen LogP contribution in [0.2, 0.25) is 0 Å². The van der Waals surface area contributed by atoms with Crippen molar-refractivity contribution in [2.45, 2.75) is 39.7 Å². The number of hydrogen-bond donors (Lipinski definition) is 1. The van der Waals surface area contributed by atoms with Crippen molar-refractivity contribution >= 4 is 0 Å². The lowest BCUT2D eigenvalue weighted by Gasteiger charge is -2.26. The molecule has 1 aromatic rings. The van der Waals surface area contributed by atoms with Crippen LogP contribution >= 0.6 is 0 Å². The van der Waals surface area contributed by atoms with Crippen molar-refractivity contribution in [1.29, 1.82) is 0 Å². The predicted octanol–water partition coefficient (Wildman–Crippen LogP) is 3.39. The second kappa shape index (κ2) is 4.31. The molecule has 0 bridgehead atoms. The van der Waals surface area contributed by atoms with Crippen molar-refractivity contribution in [3.8, 4) is 0 Å². The predicted molar refractivity (Wildman–Crippen MR) is 60.2 cm³/mol. The zero-order valence-corrected chi connectivity index (χ0v) is 9.84. The zero-order valence-electron chi connectivity index (χ0n) is 9.84. The standard InChI is InChI=1S/C13H19FO/c1-9(2)8-13(4,15)11-7-10(3)5-6-12(11)14/h5-7,9,15H,8H2,1-4H3. The molecule has 1 N–H and O–H groups in total. The first-order valence-electron chi connectivity index (χ1n) is 5.32. The Labute approximate surface area is 90.9 Å². The van der Waals surface area contributed by atoms with Crippen molar-refractivity contribution in [2.75, 3.05) is 0 Å². The lowest BCUT2D eigenvalue weighted by atomic mass is 9.86. The first-order chi connectivity index (χ1) is 6.83. The Morgan fingerprint density at radius 1 is 1.40 bits per heavy atom. The summed E-state index contributed by atoms with van der Waals surface area (Å²) in [7, 11) is 0. The monoisotopic (exact) mass is 210 g/mol. The van der Waals surface area contributed by atoms with Crippen molar-refractivity contribution < 1.29 is 9.50 Å². The van der Waals surface area contributed by atoms with E-state index in [2.05, 4.69) is 0 Å². The molecule has 84 valence electrons. The normalized spacial score (nSPS) is 15.4. The second-order valence-corrected chi connectivity index (χ2v) is 4.86. The fraction of sp³-hybridized carbons (Fsp3) is 0.538. The van der Waals surface area contributed by atoms with Gasteiger partial charge in [-0.2, -0.15) is 0 Å². The SMILES string of the molecule is Cc1ccc(F)c(C(C)(O)CC(C)C)c1. The van der Waals surface area contributed by atoms with Crippen LogP contribution in [0.1, 0.15) is 38.3 Å². The van der Waals surface area contributed by atoms with E-state index < -0.39 is 5.60 Å². The smallest absolute Gasteiger partial charge is 0.129 e. The molecule has 0 amide bonds. The van der Waals surface area contributed by atoms with Crippen LogP contribution in [-0.2, 0) is 5.60 Å². The quantitative estimate of drug-likeness (QED) is 0.810. The summed E-state index contributed by atoms with van der Waals surface area (Å²) in [5.41, 5.74) is 0.288. The van der Waals surface area contributed by atoms with Gasteiger partial charge in [0.15, 0.2) is 0 Å². The highest BCUT2D eigenvalue weighted by atomic mass is 19.1. The van der Waals surface area contributed by atoms with Gasteiger partial charge in [-0.1, -0.05) is 31.5 Å². The van der Waals surface area contributed by atoms with Crippen LogP contribution in [0.25, 0.3) is 0 Å². The molecule has 0 fully saturated rings. The van der Waals surface area contributed by atoms with Crippen molar-refractivity contribution in [3.63, 3.8) is 0 Å². The van der Waals surface area contributed by atoms with E-state index in [4.69, 9.17) is 0 Å². The molecule has 1 unspecified atom stereocenters. The summed E-state index contributed by atoms with van der Waals surface area (Å²) in [5, 5.41) is 10.2. The largest absolute Gasteiger partial charge is 0.385 e. The summed E-state index contributed by atoms with van der Waals surface area (Å²) >= 11 is 0. The maximum absolute atomic E-state index is 13.6. The van der Waals surface area contributed by atoms with Crippen molar-refractivity contribution in [3.05, 3.63) is 35.1 Å². The minimum Gasteiger partial charge on any atom is -0.385 e. The fourth-order valence-corrected chi connectivity index (χ4v) is 1.96. The molecule has 0 aliphatic heterocycles. The number of aliphatic hydroxyl groups is 1. The minimum absolute atomic E-state index is 0.328. The first kappa shape index (κ1) is 12.2. The topological polar surface area (TPSA) is 20.2 Å². The van der Waals surface area contributed by atoms with Crippen LogP contribution < -0.4 is 0 Å². The average Bonchev–Trinajstić information content (AvgIpc) is 2.06. The van der Waals surface area contributed by atoms with Gasteiger partial charge in [-0.25, -0.2) is 4.39 Å². The molecule has 2 heteroatoms. The van der Waals surface area contributed by atoms with Crippen LogP contribution in [0.15, 0.2) is 18.2 Å². The van der Waals surface area contributed by atoms with E-state index in [1.54, 1.807) is 19.1 Å². The zero-order chi connectivity index (χ0) is 11.6. The maximum Gasteiger partial charge on any atom is 0.129 e. The minimum atomic E-state index is -1.08. The van der Waals surface area contributed by atoms with E-state index in [-0.39, 0.29) is 5.82 Å². The number of aryl methyl sites for hydroxylation is 1. The van der Waals surface area contributed by atoms with Gasteiger partial charge in [0.25, 0.3) is 0 Å². The molecule has 0 saturated heterocycles. The van der Waals surface area contributed by atoms with Crippen molar-refractivity contribution in [1.82, 2.24) is 0 Å². The van der Waals surface area contributed by atoms with Gasteiger partial charge in [0.1, 0.15) is 5.82 Å². The molecule has 0 radical (unpaired) electrons. The van der Waals surface area contributed by atoms with Gasteiger partial charge in [0, 0.05) is 5.56 Å². The average molecular weight is 210 g/mol. The Hall–Kier alpha value is -0.890. The summed E-state index contributed by atoms with van der Waals surface area (Å²) in [6.07, 6.45) is 0.563. The van der Waals surface area contributed by atoms with E-state index in [1.165, 1.54) is 6.07 Å². The molecule has 0 saturated carbocycles. The Bertz CT molecular complexity index is 342. The van der Waals surface area contributed by atoms with Gasteiger partial charge < -0.3 is 5.11 Å². The third kappa shape index (κ3) is 3.03. The molecule has 15 heavy (non-hydrogen) atoms. The van der Waals surface area contributed by atoms with E-state index >= 15 is 0 Å². The Balaban J connectivity index is 3.08. The number of benzene rings is 1. The van der Waals surface area contributed by atoms with Crippen molar-refractivity contribution in [2.24, 2.45) is 5.92 Å². The summed E-state index contributed by atoms with van der Waals surface area (Å²) in [6, 6.07) is 4.85. The number of hydrogen-bond acceptors (Lipinski definition) is 1. The highest BCUT2D eigenvalue weighted by Crippen LogP contribution is 2.30. The Kier molecular flexibility index (Phi) is 3.50. The summed E-state index contributed by atoms with van der Waals surface area (Å²) in [6.45, 7) is 7.60. The second-order valence-electron chi connectivity index (χ2n) is 4.86. The molecule has 1 aromatic carbocycles. The van der Waals surface area contributed by atoms with Gasteiger partial charge in [-0.3, -0.25) is 0 Å². The molecule has 1 nitrogen and oxygen atoms in total. The highest BCUT2D eigenvalue weighted by molar-refractivity contribution is 5.28. The number of rotatable bonds is 3. The van der Waals surface area contributed by atoms with Gasteiger partial charge in [-0.05, 0) is 32.3 Å². The van der Waals surface area contributed by atoms with Crippen LogP contribution in [0.4, 0.5) is 4.39 Å². The third-order valence-corrected chi connectivity index (χ3v) is 2.51. The molecule has 1 rings (SSSR count). The van der Waals surface area contributed by atoms with E-state index in [0.717, 1.165) is 5.56 Å². The summed E-state index contributed by atoms with van der Waals surface area (Å²) in [5.74, 6) is 0.00571. The highest BCUT2D eigenvalue weighted by Gasteiger charge is 2.27. The Morgan fingerprint density at radius 3 is 2.53 bits per heavy atom. The molecule has 0 spiro atoms. The van der Waals surface area contributed by atoms with Gasteiger partial charge in [0.05, 0.1) is 5.60 Å². The maximum atomic E-state index is 13.6. The summed E-state index contributed by atoms with van der Waals surface area (Å²) < 4.78 is 13.6. The van der Waals surface area contributed by atoms with Crippen LogP contribution in [0, 0.1) is 18.7 Å². The van der Waals surface area contributed by atoms with Gasteiger partial charge in [-0.15, -0.1) is 0 Å². The van der Waals surface area contributed by atoms with E-state index in [1.807, 2.05) is 20.8 Å². The van der Waals surface area contributed by atoms with Crippen LogP contribution in [0.5, 0.6) is 0 Å². The van der Waals surface area contributed by atoms with E-state index in [9.17, 15) is 9.50 Å². The van der Waals surface area contributed by atoms with E-state index in [0.29, 0.717) is 17.9 Å². The van der Waals surface area contributed by atoms with Gasteiger partial charge >= 0.3 is 0 Å². The molecule has 0 aliphatic carbocycles. The fourth-order valence-electron chi connectivity index (χ4n) is 1.96.